The maximum atomic E-state index is 12.6. The normalized spacial score (nSPS) is 24.6. The van der Waals surface area contributed by atoms with Crippen molar-refractivity contribution in [1.29, 1.82) is 0 Å². The van der Waals surface area contributed by atoms with Crippen LogP contribution in [0, 0.1) is 5.92 Å². The summed E-state index contributed by atoms with van der Waals surface area (Å²) >= 11 is 1.73. The molecule has 0 unspecified atom stereocenters. The molecule has 0 saturated heterocycles. The fourth-order valence-electron chi connectivity index (χ4n) is 2.70. The molecule has 0 amide bonds. The van der Waals surface area contributed by atoms with Crippen LogP contribution in [0.4, 0.5) is 13.2 Å². The van der Waals surface area contributed by atoms with Gasteiger partial charge >= 0.3 is 6.18 Å². The van der Waals surface area contributed by atoms with Crippen LogP contribution in [0.25, 0.3) is 0 Å². The smallest absolute Gasteiger partial charge is 0.309 e. The molecule has 0 atom stereocenters. The molecule has 0 spiro atoms. The molecule has 0 aromatic carbocycles. The Morgan fingerprint density at radius 2 is 1.95 bits per heavy atom. The van der Waals surface area contributed by atoms with Gasteiger partial charge in [-0.2, -0.15) is 13.2 Å². The standard InChI is InChI=1S/C14H20F3NS/c1-2-10-7-8-19-13(10)9-18-12-5-3-11(4-6-12)14(15,16)17/h7-8,11-12,18H,2-6,9H2,1H3. The first kappa shape index (κ1) is 14.9. The van der Waals surface area contributed by atoms with Crippen LogP contribution in [0.3, 0.4) is 0 Å². The fraction of sp³-hybridized carbons (Fsp3) is 0.714. The van der Waals surface area contributed by atoms with Gasteiger partial charge in [-0.25, -0.2) is 0 Å². The van der Waals surface area contributed by atoms with Crippen molar-refractivity contribution in [3.05, 3.63) is 21.9 Å². The van der Waals surface area contributed by atoms with E-state index in [0.717, 1.165) is 13.0 Å². The van der Waals surface area contributed by atoms with Gasteiger partial charge in [0, 0.05) is 17.5 Å². The highest BCUT2D eigenvalue weighted by atomic mass is 32.1. The summed E-state index contributed by atoms with van der Waals surface area (Å²) in [5.74, 6) is -1.08. The summed E-state index contributed by atoms with van der Waals surface area (Å²) in [4.78, 5) is 1.32. The molecule has 5 heteroatoms. The van der Waals surface area contributed by atoms with Crippen LogP contribution in [0.1, 0.15) is 43.0 Å². The number of hydrogen-bond donors (Lipinski definition) is 1. The average molecular weight is 291 g/mol. The van der Waals surface area contributed by atoms with E-state index in [-0.39, 0.29) is 18.9 Å². The summed E-state index contributed by atoms with van der Waals surface area (Å²) in [6, 6.07) is 2.37. The Labute approximate surface area is 116 Å². The van der Waals surface area contributed by atoms with Crippen LogP contribution >= 0.6 is 11.3 Å². The van der Waals surface area contributed by atoms with E-state index in [9.17, 15) is 13.2 Å². The quantitative estimate of drug-likeness (QED) is 0.860. The maximum absolute atomic E-state index is 12.6. The summed E-state index contributed by atoms with van der Waals surface area (Å²) in [6.07, 6.45) is -1.18. The number of hydrogen-bond acceptors (Lipinski definition) is 2. The lowest BCUT2D eigenvalue weighted by Gasteiger charge is -2.30. The van der Waals surface area contributed by atoms with Crippen LogP contribution in [0.15, 0.2) is 11.4 Å². The van der Waals surface area contributed by atoms with Crippen molar-refractivity contribution >= 4 is 11.3 Å². The summed E-state index contributed by atoms with van der Waals surface area (Å²) in [6.45, 7) is 2.92. The molecule has 0 aliphatic heterocycles. The number of aryl methyl sites for hydroxylation is 1. The van der Waals surface area contributed by atoms with E-state index in [1.807, 2.05) is 0 Å². The molecule has 2 rings (SSSR count). The van der Waals surface area contributed by atoms with Crippen molar-refractivity contribution in [3.8, 4) is 0 Å². The van der Waals surface area contributed by atoms with E-state index in [4.69, 9.17) is 0 Å². The first-order chi connectivity index (χ1) is 9.00. The summed E-state index contributed by atoms with van der Waals surface area (Å²) < 4.78 is 37.7. The lowest BCUT2D eigenvalue weighted by Crippen LogP contribution is -2.36. The zero-order valence-electron chi connectivity index (χ0n) is 11.1. The number of halogens is 3. The van der Waals surface area contributed by atoms with Crippen molar-refractivity contribution in [1.82, 2.24) is 5.32 Å². The van der Waals surface area contributed by atoms with Gasteiger partial charge in [0.05, 0.1) is 5.92 Å². The van der Waals surface area contributed by atoms with Gasteiger partial charge in [0.25, 0.3) is 0 Å². The fourth-order valence-corrected chi connectivity index (χ4v) is 3.63. The van der Waals surface area contributed by atoms with E-state index in [1.54, 1.807) is 11.3 Å². The topological polar surface area (TPSA) is 12.0 Å². The molecule has 1 N–H and O–H groups in total. The highest BCUT2D eigenvalue weighted by Crippen LogP contribution is 2.37. The van der Waals surface area contributed by atoms with Gasteiger partial charge in [-0.3, -0.25) is 0 Å². The number of thiophene rings is 1. The minimum Gasteiger partial charge on any atom is -0.309 e. The highest BCUT2D eigenvalue weighted by molar-refractivity contribution is 7.10. The minimum atomic E-state index is -4.01. The van der Waals surface area contributed by atoms with E-state index in [2.05, 4.69) is 23.7 Å². The molecular weight excluding hydrogens is 271 g/mol. The lowest BCUT2D eigenvalue weighted by molar-refractivity contribution is -0.182. The Balaban J connectivity index is 1.77. The molecule has 1 aromatic heterocycles. The average Bonchev–Trinajstić information content (AvgIpc) is 2.83. The van der Waals surface area contributed by atoms with E-state index in [1.165, 1.54) is 10.4 Å². The molecule has 0 bridgehead atoms. The van der Waals surface area contributed by atoms with Crippen LogP contribution in [0.5, 0.6) is 0 Å². The Morgan fingerprint density at radius 1 is 1.26 bits per heavy atom. The third-order valence-corrected chi connectivity index (χ3v) is 4.92. The third-order valence-electron chi connectivity index (χ3n) is 3.96. The Bertz CT molecular complexity index is 392. The molecule has 1 aliphatic carbocycles. The van der Waals surface area contributed by atoms with Gasteiger partial charge < -0.3 is 5.32 Å². The molecule has 1 aromatic rings. The van der Waals surface area contributed by atoms with E-state index >= 15 is 0 Å². The largest absolute Gasteiger partial charge is 0.391 e. The van der Waals surface area contributed by atoms with Crippen molar-refractivity contribution in [3.63, 3.8) is 0 Å². The lowest BCUT2D eigenvalue weighted by atomic mass is 9.85. The second-order valence-electron chi connectivity index (χ2n) is 5.19. The Morgan fingerprint density at radius 3 is 2.53 bits per heavy atom. The Hall–Kier alpha value is -0.550. The van der Waals surface area contributed by atoms with Crippen LogP contribution in [0.2, 0.25) is 0 Å². The van der Waals surface area contributed by atoms with Crippen molar-refractivity contribution in [2.45, 2.75) is 57.8 Å². The van der Waals surface area contributed by atoms with Gasteiger partial charge in [0.2, 0.25) is 0 Å². The predicted octanol–water partition coefficient (Wildman–Crippen LogP) is 4.52. The molecule has 1 saturated carbocycles. The van der Waals surface area contributed by atoms with E-state index in [0.29, 0.717) is 12.8 Å². The molecular formula is C14H20F3NS. The number of nitrogens with one attached hydrogen (secondary N) is 1. The molecule has 0 radical (unpaired) electrons. The van der Waals surface area contributed by atoms with Crippen molar-refractivity contribution in [2.24, 2.45) is 5.92 Å². The predicted molar refractivity (Wildman–Crippen MR) is 72.3 cm³/mol. The van der Waals surface area contributed by atoms with Gasteiger partial charge in [0.15, 0.2) is 0 Å². The van der Waals surface area contributed by atoms with E-state index < -0.39 is 12.1 Å². The van der Waals surface area contributed by atoms with Crippen LogP contribution in [-0.4, -0.2) is 12.2 Å². The first-order valence-electron chi connectivity index (χ1n) is 6.86. The van der Waals surface area contributed by atoms with Gasteiger partial charge in [-0.05, 0) is 49.1 Å². The summed E-state index contributed by atoms with van der Waals surface area (Å²) in [7, 11) is 0. The minimum absolute atomic E-state index is 0.241. The monoisotopic (exact) mass is 291 g/mol. The van der Waals surface area contributed by atoms with Crippen molar-refractivity contribution in [2.75, 3.05) is 0 Å². The molecule has 108 valence electrons. The number of rotatable bonds is 4. The highest BCUT2D eigenvalue weighted by Gasteiger charge is 2.41. The van der Waals surface area contributed by atoms with Crippen LogP contribution < -0.4 is 5.32 Å². The van der Waals surface area contributed by atoms with Gasteiger partial charge in [0.1, 0.15) is 0 Å². The molecule has 1 fully saturated rings. The zero-order chi connectivity index (χ0) is 13.9. The summed E-state index contributed by atoms with van der Waals surface area (Å²) in [5.41, 5.74) is 1.35. The molecule has 1 heterocycles. The van der Waals surface area contributed by atoms with Crippen LogP contribution in [-0.2, 0) is 13.0 Å². The molecule has 1 nitrogen and oxygen atoms in total. The second kappa shape index (κ2) is 6.27. The third kappa shape index (κ3) is 3.96. The number of alkyl halides is 3. The Kier molecular flexibility index (Phi) is 4.90. The van der Waals surface area contributed by atoms with Gasteiger partial charge in [-0.1, -0.05) is 6.92 Å². The summed E-state index contributed by atoms with van der Waals surface area (Å²) in [5, 5.41) is 5.49. The second-order valence-corrected chi connectivity index (χ2v) is 6.19. The first-order valence-corrected chi connectivity index (χ1v) is 7.74. The zero-order valence-corrected chi connectivity index (χ0v) is 11.9. The SMILES string of the molecule is CCc1ccsc1CNC1CCC(C(F)(F)F)CC1. The van der Waals surface area contributed by atoms with Gasteiger partial charge in [-0.15, -0.1) is 11.3 Å². The van der Waals surface area contributed by atoms with Crippen molar-refractivity contribution < 1.29 is 13.2 Å². The maximum Gasteiger partial charge on any atom is 0.391 e. The molecule has 19 heavy (non-hydrogen) atoms. The molecule has 1 aliphatic rings.